The van der Waals surface area contributed by atoms with Crippen molar-refractivity contribution in [1.29, 1.82) is 0 Å². The lowest BCUT2D eigenvalue weighted by Gasteiger charge is -2.03. The average Bonchev–Trinajstić information content (AvgIpc) is 2.49. The van der Waals surface area contributed by atoms with Gasteiger partial charge in [0, 0.05) is 12.5 Å². The molecule has 1 radical (unpaired) electrons. The minimum Gasteiger partial charge on any atom is -0.378 e. The molecule has 1 unspecified atom stereocenters. The van der Waals surface area contributed by atoms with Crippen LogP contribution >= 0.6 is 0 Å². The van der Waals surface area contributed by atoms with Crippen LogP contribution in [0.3, 0.4) is 0 Å². The van der Waals surface area contributed by atoms with E-state index >= 15 is 0 Å². The molecule has 0 aromatic carbocycles. The molecule has 45 valence electrons. The highest BCUT2D eigenvalue weighted by Crippen LogP contribution is 2.40. The van der Waals surface area contributed by atoms with E-state index in [9.17, 15) is 0 Å². The predicted molar refractivity (Wildman–Crippen MR) is 31.5 cm³/mol. The first-order valence-corrected chi connectivity index (χ1v) is 3.43. The van der Waals surface area contributed by atoms with Crippen LogP contribution in [-0.4, -0.2) is 12.7 Å². The molecule has 0 bridgehead atoms. The zero-order valence-electron chi connectivity index (χ0n) is 5.02. The molecule has 2 aliphatic rings. The van der Waals surface area contributed by atoms with Gasteiger partial charge in [0.2, 0.25) is 0 Å². The molecule has 1 heterocycles. The molecule has 0 amide bonds. The fourth-order valence-corrected chi connectivity index (χ4v) is 1.29. The molecule has 2 rings (SSSR count). The van der Waals surface area contributed by atoms with Gasteiger partial charge in [0.25, 0.3) is 0 Å². The standard InChI is InChI=1S/C7H11O/c1-2-7(8-5-1)6-3-4-6/h7H,1-5H2. The van der Waals surface area contributed by atoms with E-state index in [1.807, 2.05) is 0 Å². The number of rotatable bonds is 1. The topological polar surface area (TPSA) is 9.23 Å². The molecular formula is C7H11O. The SMILES string of the molecule is C1COC([C]2CC2)C1. The van der Waals surface area contributed by atoms with Crippen molar-refractivity contribution in [2.45, 2.75) is 31.8 Å². The van der Waals surface area contributed by atoms with Gasteiger partial charge in [-0.15, -0.1) is 0 Å². The van der Waals surface area contributed by atoms with Crippen LogP contribution in [0.2, 0.25) is 0 Å². The summed E-state index contributed by atoms with van der Waals surface area (Å²) in [5.41, 5.74) is 0. The molecule has 2 fully saturated rings. The second-order valence-electron chi connectivity index (χ2n) is 2.66. The van der Waals surface area contributed by atoms with Gasteiger partial charge in [0.1, 0.15) is 0 Å². The maximum absolute atomic E-state index is 5.44. The van der Waals surface area contributed by atoms with Gasteiger partial charge in [-0.05, 0) is 25.7 Å². The second-order valence-corrected chi connectivity index (χ2v) is 2.66. The Morgan fingerprint density at radius 3 is 2.75 bits per heavy atom. The third-order valence-electron chi connectivity index (χ3n) is 1.92. The van der Waals surface area contributed by atoms with Crippen molar-refractivity contribution in [3.8, 4) is 0 Å². The highest BCUT2D eigenvalue weighted by Gasteiger charge is 2.34. The van der Waals surface area contributed by atoms with E-state index in [1.165, 1.54) is 25.7 Å². The normalized spacial score (nSPS) is 38.2. The van der Waals surface area contributed by atoms with Crippen molar-refractivity contribution in [3.05, 3.63) is 5.92 Å². The van der Waals surface area contributed by atoms with Crippen molar-refractivity contribution in [1.82, 2.24) is 0 Å². The van der Waals surface area contributed by atoms with Crippen molar-refractivity contribution >= 4 is 0 Å². The number of ether oxygens (including phenoxy) is 1. The van der Waals surface area contributed by atoms with Gasteiger partial charge < -0.3 is 4.74 Å². The van der Waals surface area contributed by atoms with Crippen LogP contribution in [0.4, 0.5) is 0 Å². The van der Waals surface area contributed by atoms with E-state index < -0.39 is 0 Å². The molecule has 1 nitrogen and oxygen atoms in total. The molecular weight excluding hydrogens is 100 g/mol. The zero-order chi connectivity index (χ0) is 5.40. The molecule has 1 heteroatoms. The Labute approximate surface area is 50.0 Å². The Hall–Kier alpha value is -0.0400. The van der Waals surface area contributed by atoms with Gasteiger partial charge in [0.05, 0.1) is 6.10 Å². The summed E-state index contributed by atoms with van der Waals surface area (Å²) < 4.78 is 5.44. The Morgan fingerprint density at radius 1 is 1.38 bits per heavy atom. The van der Waals surface area contributed by atoms with Gasteiger partial charge >= 0.3 is 0 Å². The summed E-state index contributed by atoms with van der Waals surface area (Å²) in [4.78, 5) is 0. The van der Waals surface area contributed by atoms with Gasteiger partial charge in [0.15, 0.2) is 0 Å². The molecule has 1 saturated heterocycles. The van der Waals surface area contributed by atoms with Crippen LogP contribution in [0.5, 0.6) is 0 Å². The smallest absolute Gasteiger partial charge is 0.0638 e. The van der Waals surface area contributed by atoms with Crippen LogP contribution in [0.25, 0.3) is 0 Å². The second kappa shape index (κ2) is 1.73. The van der Waals surface area contributed by atoms with E-state index in [0.717, 1.165) is 6.61 Å². The summed E-state index contributed by atoms with van der Waals surface area (Å²) in [6.07, 6.45) is 5.88. The summed E-state index contributed by atoms with van der Waals surface area (Å²) in [5, 5.41) is 0. The van der Waals surface area contributed by atoms with Crippen LogP contribution in [0, 0.1) is 5.92 Å². The summed E-state index contributed by atoms with van der Waals surface area (Å²) in [7, 11) is 0. The summed E-state index contributed by atoms with van der Waals surface area (Å²) in [6.45, 7) is 1.01. The monoisotopic (exact) mass is 111 g/mol. The Morgan fingerprint density at radius 2 is 2.25 bits per heavy atom. The van der Waals surface area contributed by atoms with Crippen LogP contribution in [0.15, 0.2) is 0 Å². The van der Waals surface area contributed by atoms with E-state index in [1.54, 1.807) is 5.92 Å². The molecule has 0 N–H and O–H groups in total. The van der Waals surface area contributed by atoms with Crippen molar-refractivity contribution in [3.63, 3.8) is 0 Å². The molecule has 1 aliphatic carbocycles. The Bertz CT molecular complexity index is 80.4. The summed E-state index contributed by atoms with van der Waals surface area (Å²) >= 11 is 0. The van der Waals surface area contributed by atoms with Crippen LogP contribution < -0.4 is 0 Å². The largest absolute Gasteiger partial charge is 0.378 e. The van der Waals surface area contributed by atoms with Crippen molar-refractivity contribution in [2.24, 2.45) is 0 Å². The fourth-order valence-electron chi connectivity index (χ4n) is 1.29. The maximum atomic E-state index is 5.44. The highest BCUT2D eigenvalue weighted by atomic mass is 16.5. The molecule has 1 saturated carbocycles. The van der Waals surface area contributed by atoms with Gasteiger partial charge in [-0.25, -0.2) is 0 Å². The highest BCUT2D eigenvalue weighted by molar-refractivity contribution is 5.12. The third-order valence-corrected chi connectivity index (χ3v) is 1.92. The molecule has 0 aromatic rings. The molecule has 8 heavy (non-hydrogen) atoms. The average molecular weight is 111 g/mol. The first-order chi connectivity index (χ1) is 3.97. The zero-order valence-corrected chi connectivity index (χ0v) is 5.02. The Kier molecular flexibility index (Phi) is 1.04. The third kappa shape index (κ3) is 0.752. The van der Waals surface area contributed by atoms with E-state index in [-0.39, 0.29) is 0 Å². The Balaban J connectivity index is 1.86. The summed E-state index contributed by atoms with van der Waals surface area (Å²) in [5.74, 6) is 1.67. The van der Waals surface area contributed by atoms with Crippen molar-refractivity contribution in [2.75, 3.05) is 6.61 Å². The molecule has 0 aromatic heterocycles. The molecule has 1 aliphatic heterocycles. The van der Waals surface area contributed by atoms with E-state index in [4.69, 9.17) is 4.74 Å². The molecule has 1 atom stereocenters. The molecule has 0 spiro atoms. The maximum Gasteiger partial charge on any atom is 0.0638 e. The van der Waals surface area contributed by atoms with Gasteiger partial charge in [-0.2, -0.15) is 0 Å². The summed E-state index contributed by atoms with van der Waals surface area (Å²) in [6, 6.07) is 0. The lowest BCUT2D eigenvalue weighted by Crippen LogP contribution is -2.04. The quantitative estimate of drug-likeness (QED) is 0.498. The van der Waals surface area contributed by atoms with Crippen molar-refractivity contribution < 1.29 is 4.74 Å². The number of hydrogen-bond donors (Lipinski definition) is 0. The van der Waals surface area contributed by atoms with Crippen LogP contribution in [0.1, 0.15) is 25.7 Å². The number of hydrogen-bond acceptors (Lipinski definition) is 1. The van der Waals surface area contributed by atoms with Gasteiger partial charge in [-0.3, -0.25) is 0 Å². The lowest BCUT2D eigenvalue weighted by atomic mass is 10.2. The minimum atomic E-state index is 0.593. The minimum absolute atomic E-state index is 0.593. The first-order valence-electron chi connectivity index (χ1n) is 3.43. The van der Waals surface area contributed by atoms with Gasteiger partial charge in [-0.1, -0.05) is 0 Å². The fraction of sp³-hybridized carbons (Fsp3) is 0.857. The van der Waals surface area contributed by atoms with E-state index in [0.29, 0.717) is 6.10 Å². The van der Waals surface area contributed by atoms with E-state index in [2.05, 4.69) is 0 Å². The van der Waals surface area contributed by atoms with Crippen LogP contribution in [-0.2, 0) is 4.74 Å². The first kappa shape index (κ1) is 4.80. The predicted octanol–water partition coefficient (Wildman–Crippen LogP) is 1.53. The lowest BCUT2D eigenvalue weighted by molar-refractivity contribution is 0.130.